The summed E-state index contributed by atoms with van der Waals surface area (Å²) in [5, 5.41) is 15.7. The van der Waals surface area contributed by atoms with Gasteiger partial charge in [0.25, 0.3) is 0 Å². The normalized spacial score (nSPS) is 12.9. The Kier molecular flexibility index (Phi) is 7.87. The van der Waals surface area contributed by atoms with Crippen LogP contribution in [0, 0.1) is 6.92 Å². The van der Waals surface area contributed by atoms with Crippen molar-refractivity contribution in [2.45, 2.75) is 32.9 Å². The summed E-state index contributed by atoms with van der Waals surface area (Å²) in [5.41, 5.74) is 1.02. The van der Waals surface area contributed by atoms with Gasteiger partial charge < -0.3 is 19.9 Å². The molecular formula is C18H27ClN6O. The summed E-state index contributed by atoms with van der Waals surface area (Å²) in [6.45, 7) is 5.86. The van der Waals surface area contributed by atoms with Gasteiger partial charge in [-0.2, -0.15) is 0 Å². The van der Waals surface area contributed by atoms with E-state index in [0.717, 1.165) is 35.2 Å². The smallest absolute Gasteiger partial charge is 0.192 e. The van der Waals surface area contributed by atoms with Crippen molar-refractivity contribution in [2.75, 3.05) is 20.3 Å². The lowest BCUT2D eigenvalue weighted by molar-refractivity contribution is 0.195. The van der Waals surface area contributed by atoms with Crippen molar-refractivity contribution in [1.82, 2.24) is 25.4 Å². The molecule has 0 saturated heterocycles. The summed E-state index contributed by atoms with van der Waals surface area (Å²) in [4.78, 5) is 4.65. The zero-order chi connectivity index (χ0) is 18.9. The molecule has 1 unspecified atom stereocenters. The molecule has 2 rings (SSSR count). The van der Waals surface area contributed by atoms with Crippen LogP contribution in [0.3, 0.4) is 0 Å². The van der Waals surface area contributed by atoms with Crippen LogP contribution in [-0.4, -0.2) is 41.0 Å². The maximum absolute atomic E-state index is 6.31. The van der Waals surface area contributed by atoms with Crippen LogP contribution in [0.2, 0.25) is 5.02 Å². The summed E-state index contributed by atoms with van der Waals surface area (Å²) < 4.78 is 7.03. The number of aliphatic imine (C=N–C) groups is 1. The zero-order valence-electron chi connectivity index (χ0n) is 15.8. The standard InChI is InChI=1S/C18H27ClN6O/c1-13(15-8-5-6-9-16(15)19)22-18(20-10-7-11-26-4)21-12-17-24-23-14(2)25(17)3/h5-6,8-9,13H,7,10-12H2,1-4H3,(H2,20,21,22). The van der Waals surface area contributed by atoms with E-state index in [1.54, 1.807) is 7.11 Å². The number of aromatic nitrogens is 3. The molecule has 1 aromatic heterocycles. The van der Waals surface area contributed by atoms with Gasteiger partial charge in [0, 0.05) is 32.3 Å². The highest BCUT2D eigenvalue weighted by Gasteiger charge is 2.12. The minimum absolute atomic E-state index is 0.0126. The molecular weight excluding hydrogens is 352 g/mol. The number of aryl methyl sites for hydroxylation is 1. The van der Waals surface area contributed by atoms with Crippen molar-refractivity contribution in [1.29, 1.82) is 0 Å². The Morgan fingerprint density at radius 2 is 2.12 bits per heavy atom. The second-order valence-electron chi connectivity index (χ2n) is 6.05. The molecule has 1 aromatic carbocycles. The van der Waals surface area contributed by atoms with Crippen LogP contribution in [0.4, 0.5) is 0 Å². The number of hydrogen-bond donors (Lipinski definition) is 2. The summed E-state index contributed by atoms with van der Waals surface area (Å²) >= 11 is 6.31. The topological polar surface area (TPSA) is 76.4 Å². The highest BCUT2D eigenvalue weighted by Crippen LogP contribution is 2.21. The van der Waals surface area contributed by atoms with E-state index in [4.69, 9.17) is 16.3 Å². The van der Waals surface area contributed by atoms with Crippen LogP contribution in [0.25, 0.3) is 0 Å². The molecule has 0 spiro atoms. The molecule has 0 aliphatic carbocycles. The van der Waals surface area contributed by atoms with E-state index in [1.807, 2.05) is 42.8 Å². The summed E-state index contributed by atoms with van der Waals surface area (Å²) in [6, 6.07) is 7.81. The molecule has 7 nitrogen and oxygen atoms in total. The Hall–Kier alpha value is -2.12. The van der Waals surface area contributed by atoms with Gasteiger partial charge in [-0.05, 0) is 31.9 Å². The Morgan fingerprint density at radius 3 is 2.77 bits per heavy atom. The molecule has 142 valence electrons. The first kappa shape index (κ1) is 20.2. The first-order valence-electron chi connectivity index (χ1n) is 8.66. The average Bonchev–Trinajstić information content (AvgIpc) is 2.95. The highest BCUT2D eigenvalue weighted by atomic mass is 35.5. The molecule has 26 heavy (non-hydrogen) atoms. The number of hydrogen-bond acceptors (Lipinski definition) is 4. The van der Waals surface area contributed by atoms with Crippen LogP contribution in [-0.2, 0) is 18.3 Å². The Labute approximate surface area is 159 Å². The van der Waals surface area contributed by atoms with Gasteiger partial charge in [-0.1, -0.05) is 29.8 Å². The fraction of sp³-hybridized carbons (Fsp3) is 0.500. The first-order valence-corrected chi connectivity index (χ1v) is 9.03. The molecule has 0 amide bonds. The first-order chi connectivity index (χ1) is 12.5. The lowest BCUT2D eigenvalue weighted by atomic mass is 10.1. The molecule has 8 heteroatoms. The SMILES string of the molecule is COCCCNC(=NCc1nnc(C)n1C)NC(C)c1ccccc1Cl. The van der Waals surface area contributed by atoms with Gasteiger partial charge in [0.1, 0.15) is 12.4 Å². The number of methoxy groups -OCH3 is 1. The minimum Gasteiger partial charge on any atom is -0.385 e. The van der Waals surface area contributed by atoms with E-state index >= 15 is 0 Å². The van der Waals surface area contributed by atoms with Gasteiger partial charge in [-0.25, -0.2) is 4.99 Å². The molecule has 2 aromatic rings. The second kappa shape index (κ2) is 10.1. The summed E-state index contributed by atoms with van der Waals surface area (Å²) in [7, 11) is 3.63. The van der Waals surface area contributed by atoms with E-state index in [9.17, 15) is 0 Å². The second-order valence-corrected chi connectivity index (χ2v) is 6.46. The van der Waals surface area contributed by atoms with Gasteiger partial charge in [0.15, 0.2) is 11.8 Å². The van der Waals surface area contributed by atoms with E-state index in [-0.39, 0.29) is 6.04 Å². The number of nitrogens with zero attached hydrogens (tertiary/aromatic N) is 4. The van der Waals surface area contributed by atoms with Crippen molar-refractivity contribution in [3.63, 3.8) is 0 Å². The van der Waals surface area contributed by atoms with Crippen molar-refractivity contribution in [3.05, 3.63) is 46.5 Å². The predicted octanol–water partition coefficient (Wildman–Crippen LogP) is 2.61. The van der Waals surface area contributed by atoms with Gasteiger partial charge in [-0.15, -0.1) is 10.2 Å². The molecule has 0 bridgehead atoms. The largest absolute Gasteiger partial charge is 0.385 e. The van der Waals surface area contributed by atoms with E-state index in [1.165, 1.54) is 0 Å². The quantitative estimate of drug-likeness (QED) is 0.419. The molecule has 1 heterocycles. The van der Waals surface area contributed by atoms with Crippen molar-refractivity contribution in [3.8, 4) is 0 Å². The number of benzene rings is 1. The molecule has 0 aliphatic heterocycles. The maximum Gasteiger partial charge on any atom is 0.192 e. The van der Waals surface area contributed by atoms with Crippen LogP contribution >= 0.6 is 11.6 Å². The Balaban J connectivity index is 2.08. The number of rotatable bonds is 8. The third-order valence-electron chi connectivity index (χ3n) is 4.10. The lowest BCUT2D eigenvalue weighted by Crippen LogP contribution is -2.39. The number of guanidine groups is 1. The lowest BCUT2D eigenvalue weighted by Gasteiger charge is -2.19. The fourth-order valence-corrected chi connectivity index (χ4v) is 2.72. The number of ether oxygens (including phenoxy) is 1. The maximum atomic E-state index is 6.31. The van der Waals surface area contributed by atoms with E-state index in [2.05, 4.69) is 32.7 Å². The molecule has 0 radical (unpaired) electrons. The molecule has 0 saturated carbocycles. The third-order valence-corrected chi connectivity index (χ3v) is 4.45. The Bertz CT molecular complexity index is 730. The van der Waals surface area contributed by atoms with Gasteiger partial charge in [-0.3, -0.25) is 0 Å². The van der Waals surface area contributed by atoms with Crippen molar-refractivity contribution >= 4 is 17.6 Å². The fourth-order valence-electron chi connectivity index (χ4n) is 2.42. The molecule has 1 atom stereocenters. The molecule has 0 aliphatic rings. The predicted molar refractivity (Wildman–Crippen MR) is 104 cm³/mol. The van der Waals surface area contributed by atoms with Crippen molar-refractivity contribution in [2.24, 2.45) is 12.0 Å². The van der Waals surface area contributed by atoms with E-state index in [0.29, 0.717) is 19.1 Å². The average molecular weight is 379 g/mol. The van der Waals surface area contributed by atoms with Crippen LogP contribution in [0.5, 0.6) is 0 Å². The summed E-state index contributed by atoms with van der Waals surface area (Å²) in [5.74, 6) is 2.38. The van der Waals surface area contributed by atoms with E-state index < -0.39 is 0 Å². The molecule has 2 N–H and O–H groups in total. The third kappa shape index (κ3) is 5.71. The Morgan fingerprint density at radius 1 is 1.35 bits per heavy atom. The van der Waals surface area contributed by atoms with Gasteiger partial charge in [0.05, 0.1) is 6.04 Å². The van der Waals surface area contributed by atoms with Gasteiger partial charge in [0.2, 0.25) is 0 Å². The minimum atomic E-state index is 0.0126. The van der Waals surface area contributed by atoms with Crippen LogP contribution < -0.4 is 10.6 Å². The van der Waals surface area contributed by atoms with Gasteiger partial charge >= 0.3 is 0 Å². The number of halogens is 1. The van der Waals surface area contributed by atoms with Crippen LogP contribution in [0.15, 0.2) is 29.3 Å². The molecule has 0 fully saturated rings. The van der Waals surface area contributed by atoms with Crippen LogP contribution in [0.1, 0.15) is 36.6 Å². The van der Waals surface area contributed by atoms with Crippen molar-refractivity contribution < 1.29 is 4.74 Å². The highest BCUT2D eigenvalue weighted by molar-refractivity contribution is 6.31. The monoisotopic (exact) mass is 378 g/mol. The zero-order valence-corrected chi connectivity index (χ0v) is 16.5. The number of nitrogens with one attached hydrogen (secondary N) is 2. The summed E-state index contributed by atoms with van der Waals surface area (Å²) in [6.07, 6.45) is 0.890.